The quantitative estimate of drug-likeness (QED) is 0.586. The molecule has 0 bridgehead atoms. The number of nitrogens with zero attached hydrogens (tertiary/aromatic N) is 2. The number of carbonyl (C=O) groups is 1. The number of pyridine rings is 1. The Morgan fingerprint density at radius 1 is 1.30 bits per heavy atom. The van der Waals surface area contributed by atoms with Crippen LogP contribution in [0.25, 0.3) is 0 Å². The minimum absolute atomic E-state index is 0.0239. The van der Waals surface area contributed by atoms with E-state index < -0.39 is 39.9 Å². The molecular weight excluding hydrogens is 421 g/mol. The number of aliphatic imine (C=N–C) groups is 1. The predicted molar refractivity (Wildman–Crippen MR) is 108 cm³/mol. The molecule has 0 radical (unpaired) electrons. The topological polar surface area (TPSA) is 116 Å². The van der Waals surface area contributed by atoms with E-state index in [0.717, 1.165) is 18.2 Å². The van der Waals surface area contributed by atoms with Gasteiger partial charge in [0.05, 0.1) is 23.6 Å². The molecule has 1 aliphatic rings. The molecule has 1 aromatic rings. The predicted octanol–water partition coefficient (Wildman–Crippen LogP) is 2.26. The molecule has 2 rings (SSSR count). The number of aromatic nitrogens is 1. The third-order valence-corrected chi connectivity index (χ3v) is 4.73. The van der Waals surface area contributed by atoms with Crippen LogP contribution >= 0.6 is 0 Å². The normalized spacial score (nSPS) is 17.4. The van der Waals surface area contributed by atoms with Crippen molar-refractivity contribution < 1.29 is 27.3 Å². The highest BCUT2D eigenvalue weighted by atomic mass is 32.2. The third-order valence-electron chi connectivity index (χ3n) is 3.98. The molecule has 7 nitrogen and oxygen atoms in total. The fourth-order valence-corrected chi connectivity index (χ4v) is 2.88. The first-order valence-electron chi connectivity index (χ1n) is 8.74. The number of allylic oxidation sites excluding steroid dienone is 2. The van der Waals surface area contributed by atoms with E-state index in [0.29, 0.717) is 0 Å². The van der Waals surface area contributed by atoms with E-state index in [4.69, 9.17) is 5.41 Å². The van der Waals surface area contributed by atoms with Crippen LogP contribution in [0.1, 0.15) is 30.0 Å². The molecule has 1 amide bonds. The third kappa shape index (κ3) is 6.17. The van der Waals surface area contributed by atoms with E-state index in [9.17, 15) is 27.3 Å². The standard InChI is InChI=1S/C19H21F3N4O3S/c1-18(2,28)11-9-12(23)15(24-7-8-30(3)29)10-14(11)26-17(27)13-5-4-6-16(25-13)19(20,21)22/h4-6,9-10,23,28H,7-8H2,1-3H3,(H,26,27). The number of hydrogen-bond acceptors (Lipinski definition) is 6. The van der Waals surface area contributed by atoms with Crippen LogP contribution in [0.4, 0.5) is 13.2 Å². The molecule has 1 aromatic heterocycles. The van der Waals surface area contributed by atoms with Gasteiger partial charge in [0, 0.05) is 34.1 Å². The van der Waals surface area contributed by atoms with Crippen molar-refractivity contribution in [3.8, 4) is 0 Å². The Labute approximate surface area is 173 Å². The lowest BCUT2D eigenvalue weighted by Crippen LogP contribution is -2.36. The Kier molecular flexibility index (Phi) is 7.09. The zero-order valence-electron chi connectivity index (χ0n) is 16.5. The van der Waals surface area contributed by atoms with Gasteiger partial charge in [-0.25, -0.2) is 4.98 Å². The molecule has 0 aromatic carbocycles. The highest BCUT2D eigenvalue weighted by Gasteiger charge is 2.33. The van der Waals surface area contributed by atoms with Crippen molar-refractivity contribution in [1.82, 2.24) is 10.3 Å². The van der Waals surface area contributed by atoms with Crippen molar-refractivity contribution in [2.75, 3.05) is 18.6 Å². The van der Waals surface area contributed by atoms with Crippen LogP contribution in [0, 0.1) is 5.41 Å². The lowest BCUT2D eigenvalue weighted by molar-refractivity contribution is -0.141. The first-order chi connectivity index (χ1) is 13.8. The molecule has 0 aliphatic heterocycles. The lowest BCUT2D eigenvalue weighted by atomic mass is 9.88. The van der Waals surface area contributed by atoms with Gasteiger partial charge in [0.2, 0.25) is 0 Å². The molecule has 11 heteroatoms. The minimum atomic E-state index is -4.70. The number of nitrogens with one attached hydrogen (secondary N) is 2. The Balaban J connectivity index is 2.37. The molecule has 1 unspecified atom stereocenters. The second-order valence-electron chi connectivity index (χ2n) is 6.99. The van der Waals surface area contributed by atoms with Crippen molar-refractivity contribution in [3.63, 3.8) is 0 Å². The Morgan fingerprint density at radius 2 is 1.97 bits per heavy atom. The van der Waals surface area contributed by atoms with Crippen LogP contribution in [0.15, 0.2) is 46.6 Å². The number of hydrogen-bond donors (Lipinski definition) is 3. The molecule has 162 valence electrons. The van der Waals surface area contributed by atoms with E-state index in [1.165, 1.54) is 32.3 Å². The maximum absolute atomic E-state index is 12.9. The second-order valence-corrected chi connectivity index (χ2v) is 8.55. The van der Waals surface area contributed by atoms with Crippen molar-refractivity contribution in [3.05, 3.63) is 53.0 Å². The molecule has 0 saturated heterocycles. The van der Waals surface area contributed by atoms with Gasteiger partial charge < -0.3 is 10.4 Å². The Morgan fingerprint density at radius 3 is 2.53 bits per heavy atom. The summed E-state index contributed by atoms with van der Waals surface area (Å²) in [6.07, 6.45) is -0.522. The number of alkyl halides is 3. The molecular formula is C19H21F3N4O3S. The van der Waals surface area contributed by atoms with Gasteiger partial charge in [-0.1, -0.05) is 6.07 Å². The van der Waals surface area contributed by atoms with Crippen LogP contribution in [0.3, 0.4) is 0 Å². The van der Waals surface area contributed by atoms with Gasteiger partial charge in [0.1, 0.15) is 11.4 Å². The SMILES string of the molecule is CS(=O)CCN=C1C=C(NC(=O)c2cccc(C(F)(F)F)n2)C(C(C)(C)O)=CC1=N. The van der Waals surface area contributed by atoms with Crippen molar-refractivity contribution in [2.24, 2.45) is 4.99 Å². The Hall–Kier alpha value is -2.66. The Bertz CT molecular complexity index is 976. The molecule has 1 heterocycles. The smallest absolute Gasteiger partial charge is 0.386 e. The summed E-state index contributed by atoms with van der Waals surface area (Å²) in [5.41, 5.74) is -2.69. The zero-order valence-corrected chi connectivity index (χ0v) is 17.3. The highest BCUT2D eigenvalue weighted by molar-refractivity contribution is 7.84. The van der Waals surface area contributed by atoms with Gasteiger partial charge in [-0.3, -0.25) is 19.4 Å². The molecule has 3 N–H and O–H groups in total. The second kappa shape index (κ2) is 9.00. The first kappa shape index (κ1) is 23.6. The van der Waals surface area contributed by atoms with Crippen LogP contribution in [-0.4, -0.2) is 55.8 Å². The van der Waals surface area contributed by atoms with E-state index >= 15 is 0 Å². The van der Waals surface area contributed by atoms with Gasteiger partial charge in [-0.15, -0.1) is 0 Å². The molecule has 30 heavy (non-hydrogen) atoms. The summed E-state index contributed by atoms with van der Waals surface area (Å²) in [7, 11) is -1.08. The largest absolute Gasteiger partial charge is 0.433 e. The summed E-state index contributed by atoms with van der Waals surface area (Å²) >= 11 is 0. The number of halogens is 3. The summed E-state index contributed by atoms with van der Waals surface area (Å²) in [5, 5.41) is 20.9. The fraction of sp³-hybridized carbons (Fsp3) is 0.368. The van der Waals surface area contributed by atoms with Crippen LogP contribution in [0.2, 0.25) is 0 Å². The van der Waals surface area contributed by atoms with Gasteiger partial charge in [0.25, 0.3) is 5.91 Å². The van der Waals surface area contributed by atoms with Gasteiger partial charge in [-0.05, 0) is 38.1 Å². The highest BCUT2D eigenvalue weighted by Crippen LogP contribution is 2.28. The van der Waals surface area contributed by atoms with Gasteiger partial charge >= 0.3 is 6.18 Å². The van der Waals surface area contributed by atoms with Crippen molar-refractivity contribution in [2.45, 2.75) is 25.6 Å². The monoisotopic (exact) mass is 442 g/mol. The number of rotatable bonds is 6. The lowest BCUT2D eigenvalue weighted by Gasteiger charge is -2.27. The van der Waals surface area contributed by atoms with E-state index in [1.54, 1.807) is 0 Å². The van der Waals surface area contributed by atoms with Crippen LogP contribution in [-0.2, 0) is 17.0 Å². The summed E-state index contributed by atoms with van der Waals surface area (Å²) in [6.45, 7) is 3.06. The molecule has 0 spiro atoms. The molecule has 0 fully saturated rings. The van der Waals surface area contributed by atoms with Crippen molar-refractivity contribution >= 4 is 28.1 Å². The maximum Gasteiger partial charge on any atom is 0.433 e. The number of amides is 1. The van der Waals surface area contributed by atoms with E-state index in [-0.39, 0.29) is 35.0 Å². The van der Waals surface area contributed by atoms with E-state index in [2.05, 4.69) is 15.3 Å². The zero-order chi connectivity index (χ0) is 22.7. The van der Waals surface area contributed by atoms with E-state index in [1.807, 2.05) is 0 Å². The summed E-state index contributed by atoms with van der Waals surface area (Å²) < 4.78 is 49.8. The minimum Gasteiger partial charge on any atom is -0.386 e. The number of carbonyl (C=O) groups excluding carboxylic acids is 1. The molecule has 0 saturated carbocycles. The maximum atomic E-state index is 12.9. The average molecular weight is 442 g/mol. The first-order valence-corrected chi connectivity index (χ1v) is 10.5. The van der Waals surface area contributed by atoms with Gasteiger partial charge in [0.15, 0.2) is 0 Å². The average Bonchev–Trinajstić information content (AvgIpc) is 2.62. The summed E-state index contributed by atoms with van der Waals surface area (Å²) in [4.78, 5) is 20.1. The van der Waals surface area contributed by atoms with Crippen LogP contribution < -0.4 is 5.32 Å². The summed E-state index contributed by atoms with van der Waals surface area (Å²) in [5.74, 6) is -0.632. The molecule has 1 aliphatic carbocycles. The van der Waals surface area contributed by atoms with Crippen LogP contribution in [0.5, 0.6) is 0 Å². The van der Waals surface area contributed by atoms with Crippen molar-refractivity contribution in [1.29, 1.82) is 5.41 Å². The van der Waals surface area contributed by atoms with Gasteiger partial charge in [-0.2, -0.15) is 13.2 Å². The molecule has 1 atom stereocenters. The number of aliphatic hydroxyl groups is 1. The summed E-state index contributed by atoms with van der Waals surface area (Å²) in [6, 6.07) is 2.96. The fourth-order valence-electron chi connectivity index (χ4n) is 2.53.